The third kappa shape index (κ3) is 2.98. The molecule has 2 aliphatic carbocycles. The molecule has 1 heteroatoms. The van der Waals surface area contributed by atoms with E-state index in [-0.39, 0.29) is 0 Å². The highest BCUT2D eigenvalue weighted by Gasteiger charge is 2.24. The number of rotatable bonds is 5. The van der Waals surface area contributed by atoms with Gasteiger partial charge in [-0.05, 0) is 56.9 Å². The lowest BCUT2D eigenvalue weighted by atomic mass is 9.74. The van der Waals surface area contributed by atoms with Gasteiger partial charge in [0, 0.05) is 6.04 Å². The Balaban J connectivity index is 1.43. The van der Waals surface area contributed by atoms with Crippen LogP contribution in [0.3, 0.4) is 0 Å². The molecule has 0 spiro atoms. The molecule has 0 aromatic rings. The maximum absolute atomic E-state index is 3.70. The van der Waals surface area contributed by atoms with Crippen molar-refractivity contribution in [3.63, 3.8) is 0 Å². The Morgan fingerprint density at radius 2 is 1.86 bits per heavy atom. The maximum Gasteiger partial charge on any atom is 0.00670 e. The van der Waals surface area contributed by atoms with Crippen molar-refractivity contribution in [2.75, 3.05) is 6.54 Å². The molecule has 0 saturated heterocycles. The van der Waals surface area contributed by atoms with Crippen LogP contribution in [0.2, 0.25) is 0 Å². The second-order valence-corrected chi connectivity index (χ2v) is 5.52. The van der Waals surface area contributed by atoms with E-state index in [1.807, 2.05) is 0 Å². The minimum Gasteiger partial charge on any atom is -0.314 e. The summed E-state index contributed by atoms with van der Waals surface area (Å²) in [6.45, 7) is 3.66. The predicted molar refractivity (Wildman–Crippen MR) is 61.4 cm³/mol. The lowest BCUT2D eigenvalue weighted by molar-refractivity contribution is 0.195. The summed E-state index contributed by atoms with van der Waals surface area (Å²) in [7, 11) is 0. The molecule has 0 bridgehead atoms. The van der Waals surface area contributed by atoms with Crippen LogP contribution in [-0.2, 0) is 0 Å². The molecule has 1 N–H and O–H groups in total. The smallest absolute Gasteiger partial charge is 0.00670 e. The Kier molecular flexibility index (Phi) is 3.86. The first kappa shape index (κ1) is 10.5. The van der Waals surface area contributed by atoms with Crippen molar-refractivity contribution in [3.05, 3.63) is 0 Å². The van der Waals surface area contributed by atoms with E-state index in [0.29, 0.717) is 0 Å². The van der Waals surface area contributed by atoms with Gasteiger partial charge in [-0.25, -0.2) is 0 Å². The van der Waals surface area contributed by atoms with Gasteiger partial charge in [-0.1, -0.05) is 19.8 Å². The van der Waals surface area contributed by atoms with Crippen LogP contribution in [0, 0.1) is 11.8 Å². The van der Waals surface area contributed by atoms with Crippen LogP contribution < -0.4 is 5.32 Å². The third-order valence-electron chi connectivity index (χ3n) is 4.05. The van der Waals surface area contributed by atoms with Crippen molar-refractivity contribution in [3.8, 4) is 0 Å². The largest absolute Gasteiger partial charge is 0.314 e. The second-order valence-electron chi connectivity index (χ2n) is 5.52. The summed E-state index contributed by atoms with van der Waals surface area (Å²) >= 11 is 0. The highest BCUT2D eigenvalue weighted by Crippen LogP contribution is 2.35. The van der Waals surface area contributed by atoms with Crippen LogP contribution in [-0.4, -0.2) is 12.6 Å². The van der Waals surface area contributed by atoms with Crippen molar-refractivity contribution in [2.24, 2.45) is 11.8 Å². The summed E-state index contributed by atoms with van der Waals surface area (Å²) in [6, 6.07) is 0.871. The lowest BCUT2D eigenvalue weighted by Gasteiger charge is -2.32. The summed E-state index contributed by atoms with van der Waals surface area (Å²) in [6.07, 6.45) is 11.7. The quantitative estimate of drug-likeness (QED) is 0.663. The van der Waals surface area contributed by atoms with E-state index in [9.17, 15) is 0 Å². The normalized spacial score (nSPS) is 33.2. The molecule has 0 radical (unpaired) electrons. The maximum atomic E-state index is 3.70. The molecule has 14 heavy (non-hydrogen) atoms. The van der Waals surface area contributed by atoms with E-state index in [4.69, 9.17) is 0 Å². The third-order valence-corrected chi connectivity index (χ3v) is 4.05. The fourth-order valence-corrected chi connectivity index (χ4v) is 3.13. The monoisotopic (exact) mass is 195 g/mol. The Morgan fingerprint density at radius 1 is 1.14 bits per heavy atom. The van der Waals surface area contributed by atoms with E-state index < -0.39 is 0 Å². The molecule has 0 aromatic carbocycles. The minimum absolute atomic E-state index is 0.871. The molecule has 2 aliphatic rings. The van der Waals surface area contributed by atoms with Gasteiger partial charge in [0.25, 0.3) is 0 Å². The van der Waals surface area contributed by atoms with Gasteiger partial charge in [0.2, 0.25) is 0 Å². The van der Waals surface area contributed by atoms with Crippen LogP contribution in [0.4, 0.5) is 0 Å². The van der Waals surface area contributed by atoms with E-state index in [2.05, 4.69) is 12.2 Å². The van der Waals surface area contributed by atoms with Gasteiger partial charge in [0.05, 0.1) is 0 Å². The predicted octanol–water partition coefficient (Wildman–Crippen LogP) is 3.34. The Hall–Kier alpha value is -0.0400. The number of hydrogen-bond acceptors (Lipinski definition) is 1. The van der Waals surface area contributed by atoms with Crippen molar-refractivity contribution in [1.82, 2.24) is 5.32 Å². The van der Waals surface area contributed by atoms with Crippen LogP contribution in [0.25, 0.3) is 0 Å². The number of hydrogen-bond donors (Lipinski definition) is 1. The van der Waals surface area contributed by atoms with Gasteiger partial charge in [-0.2, -0.15) is 0 Å². The molecule has 0 heterocycles. The first-order chi connectivity index (χ1) is 6.84. The highest BCUT2D eigenvalue weighted by molar-refractivity contribution is 4.77. The lowest BCUT2D eigenvalue weighted by Crippen LogP contribution is -2.28. The standard InChI is InChI=1S/C13H25N/c1-11-9-12(10-11)5-4-8-14-13-6-2-3-7-13/h11-14H,2-10H2,1H3. The SMILES string of the molecule is CC1CC(CCCNC2CCCC2)C1. The van der Waals surface area contributed by atoms with Gasteiger partial charge in [-0.15, -0.1) is 0 Å². The second kappa shape index (κ2) is 5.16. The average molecular weight is 195 g/mol. The zero-order valence-electron chi connectivity index (χ0n) is 9.60. The van der Waals surface area contributed by atoms with Gasteiger partial charge in [0.15, 0.2) is 0 Å². The van der Waals surface area contributed by atoms with Crippen molar-refractivity contribution in [1.29, 1.82) is 0 Å². The summed E-state index contributed by atoms with van der Waals surface area (Å²) in [5.74, 6) is 2.11. The van der Waals surface area contributed by atoms with Gasteiger partial charge >= 0.3 is 0 Å². The molecule has 0 unspecified atom stereocenters. The number of nitrogens with one attached hydrogen (secondary N) is 1. The first-order valence-corrected chi connectivity index (χ1v) is 6.58. The van der Waals surface area contributed by atoms with E-state index >= 15 is 0 Å². The molecule has 0 amide bonds. The van der Waals surface area contributed by atoms with Crippen molar-refractivity contribution in [2.45, 2.75) is 64.3 Å². The molecule has 2 saturated carbocycles. The fourth-order valence-electron chi connectivity index (χ4n) is 3.13. The minimum atomic E-state index is 0.871. The Morgan fingerprint density at radius 3 is 2.50 bits per heavy atom. The Bertz CT molecular complexity index is 155. The molecular weight excluding hydrogens is 170 g/mol. The van der Waals surface area contributed by atoms with Gasteiger partial charge in [0.1, 0.15) is 0 Å². The molecule has 2 rings (SSSR count). The highest BCUT2D eigenvalue weighted by atomic mass is 14.9. The molecule has 2 fully saturated rings. The van der Waals surface area contributed by atoms with Crippen LogP contribution in [0.5, 0.6) is 0 Å². The summed E-state index contributed by atoms with van der Waals surface area (Å²) in [5.41, 5.74) is 0. The van der Waals surface area contributed by atoms with E-state index in [1.54, 1.807) is 0 Å². The topological polar surface area (TPSA) is 12.0 Å². The zero-order chi connectivity index (χ0) is 9.80. The van der Waals surface area contributed by atoms with Crippen molar-refractivity contribution < 1.29 is 0 Å². The fraction of sp³-hybridized carbons (Fsp3) is 1.00. The molecule has 82 valence electrons. The molecule has 0 aliphatic heterocycles. The molecule has 0 aromatic heterocycles. The van der Waals surface area contributed by atoms with E-state index in [0.717, 1.165) is 17.9 Å². The van der Waals surface area contributed by atoms with Crippen LogP contribution in [0.1, 0.15) is 58.3 Å². The first-order valence-electron chi connectivity index (χ1n) is 6.58. The molecule has 0 atom stereocenters. The van der Waals surface area contributed by atoms with Gasteiger partial charge < -0.3 is 5.32 Å². The molecule has 1 nitrogen and oxygen atoms in total. The summed E-state index contributed by atoms with van der Waals surface area (Å²) in [4.78, 5) is 0. The molecular formula is C13H25N. The average Bonchev–Trinajstić information content (AvgIpc) is 2.61. The van der Waals surface area contributed by atoms with Gasteiger partial charge in [-0.3, -0.25) is 0 Å². The summed E-state index contributed by atoms with van der Waals surface area (Å²) < 4.78 is 0. The zero-order valence-corrected chi connectivity index (χ0v) is 9.60. The Labute approximate surface area is 88.7 Å². The van der Waals surface area contributed by atoms with Crippen molar-refractivity contribution >= 4 is 0 Å². The van der Waals surface area contributed by atoms with Crippen LogP contribution >= 0.6 is 0 Å². The van der Waals surface area contributed by atoms with Crippen LogP contribution in [0.15, 0.2) is 0 Å². The summed E-state index contributed by atoms with van der Waals surface area (Å²) in [5, 5.41) is 3.70. The van der Waals surface area contributed by atoms with E-state index in [1.165, 1.54) is 57.9 Å².